The van der Waals surface area contributed by atoms with Crippen molar-refractivity contribution >= 4 is 17.3 Å². The summed E-state index contributed by atoms with van der Waals surface area (Å²) >= 11 is 1.38. The van der Waals surface area contributed by atoms with Crippen LogP contribution in [0.3, 0.4) is 0 Å². The largest absolute Gasteiger partial charge is 0.462 e. The molecule has 0 aliphatic rings. The molecule has 0 radical (unpaired) electrons. The van der Waals surface area contributed by atoms with Crippen LogP contribution in [0.2, 0.25) is 0 Å². The van der Waals surface area contributed by atoms with Crippen molar-refractivity contribution in [2.24, 2.45) is 0 Å². The van der Waals surface area contributed by atoms with Crippen LogP contribution in [-0.4, -0.2) is 17.6 Å². The quantitative estimate of drug-likeness (QED) is 0.792. The van der Waals surface area contributed by atoms with Gasteiger partial charge in [-0.1, -0.05) is 23.8 Å². The molecule has 0 aliphatic heterocycles. The van der Waals surface area contributed by atoms with E-state index in [1.807, 2.05) is 38.1 Å². The first kappa shape index (κ1) is 12.8. The van der Waals surface area contributed by atoms with E-state index in [-0.39, 0.29) is 5.97 Å². The summed E-state index contributed by atoms with van der Waals surface area (Å²) in [7, 11) is 0. The lowest BCUT2D eigenvalue weighted by molar-refractivity contribution is 0.0532. The highest BCUT2D eigenvalue weighted by molar-refractivity contribution is 7.14. The van der Waals surface area contributed by atoms with Gasteiger partial charge in [0.15, 0.2) is 0 Å². The number of hydrogen-bond acceptors (Lipinski definition) is 4. The van der Waals surface area contributed by atoms with Crippen LogP contribution in [0.1, 0.15) is 27.2 Å². The van der Waals surface area contributed by atoms with E-state index in [0.29, 0.717) is 11.5 Å². The van der Waals surface area contributed by atoms with Gasteiger partial charge in [0.2, 0.25) is 0 Å². The zero-order valence-corrected chi connectivity index (χ0v) is 11.5. The molecule has 0 atom stereocenters. The first-order valence-corrected chi connectivity index (χ1v) is 6.65. The van der Waals surface area contributed by atoms with Crippen LogP contribution in [-0.2, 0) is 4.74 Å². The van der Waals surface area contributed by atoms with Crippen molar-refractivity contribution in [1.82, 2.24) is 4.98 Å². The Morgan fingerprint density at radius 1 is 1.39 bits per heavy atom. The summed E-state index contributed by atoms with van der Waals surface area (Å²) in [5.74, 6) is -0.292. The van der Waals surface area contributed by atoms with Gasteiger partial charge in [0.1, 0.15) is 4.88 Å². The minimum absolute atomic E-state index is 0.292. The standard InChI is InChI=1S/C14H15NO2S/c1-4-17-14(16)13-12(15-10(3)18-13)11-7-5-6-9(2)8-11/h5-8H,4H2,1-3H3. The van der Waals surface area contributed by atoms with Gasteiger partial charge >= 0.3 is 5.97 Å². The number of ether oxygens (including phenoxy) is 1. The topological polar surface area (TPSA) is 39.2 Å². The average molecular weight is 261 g/mol. The molecule has 2 aromatic rings. The van der Waals surface area contributed by atoms with E-state index in [2.05, 4.69) is 4.98 Å². The number of benzene rings is 1. The molecular weight excluding hydrogens is 246 g/mol. The zero-order valence-electron chi connectivity index (χ0n) is 10.7. The van der Waals surface area contributed by atoms with Gasteiger partial charge in [0.25, 0.3) is 0 Å². The third-order valence-corrected chi connectivity index (χ3v) is 3.44. The summed E-state index contributed by atoms with van der Waals surface area (Å²) in [6, 6.07) is 7.97. The number of carbonyl (C=O) groups excluding carboxylic acids is 1. The summed E-state index contributed by atoms with van der Waals surface area (Å²) < 4.78 is 5.07. The van der Waals surface area contributed by atoms with Crippen LogP contribution in [0.4, 0.5) is 0 Å². The van der Waals surface area contributed by atoms with Gasteiger partial charge in [0.05, 0.1) is 17.3 Å². The molecule has 0 unspecified atom stereocenters. The van der Waals surface area contributed by atoms with Crippen LogP contribution in [0, 0.1) is 13.8 Å². The molecule has 3 nitrogen and oxygen atoms in total. The van der Waals surface area contributed by atoms with Gasteiger partial charge in [-0.3, -0.25) is 0 Å². The van der Waals surface area contributed by atoms with Crippen molar-refractivity contribution in [3.8, 4) is 11.3 Å². The molecule has 1 aromatic heterocycles. The van der Waals surface area contributed by atoms with Crippen molar-refractivity contribution in [1.29, 1.82) is 0 Å². The highest BCUT2D eigenvalue weighted by Crippen LogP contribution is 2.29. The summed E-state index contributed by atoms with van der Waals surface area (Å²) in [5, 5.41) is 0.870. The van der Waals surface area contributed by atoms with Crippen LogP contribution in [0.15, 0.2) is 24.3 Å². The van der Waals surface area contributed by atoms with E-state index in [4.69, 9.17) is 4.74 Å². The minimum Gasteiger partial charge on any atom is -0.462 e. The first-order chi connectivity index (χ1) is 8.61. The Morgan fingerprint density at radius 2 is 2.17 bits per heavy atom. The number of carbonyl (C=O) groups is 1. The molecule has 0 saturated heterocycles. The number of aromatic nitrogens is 1. The maximum absolute atomic E-state index is 11.9. The minimum atomic E-state index is -0.292. The molecule has 0 saturated carbocycles. The van der Waals surface area contributed by atoms with Crippen molar-refractivity contribution in [3.63, 3.8) is 0 Å². The highest BCUT2D eigenvalue weighted by atomic mass is 32.1. The second kappa shape index (κ2) is 5.31. The summed E-state index contributed by atoms with van der Waals surface area (Å²) in [6.45, 7) is 6.10. The second-order valence-corrected chi connectivity index (χ2v) is 5.20. The molecule has 1 heterocycles. The summed E-state index contributed by atoms with van der Waals surface area (Å²) in [4.78, 5) is 16.9. The molecule has 0 aliphatic carbocycles. The number of esters is 1. The van der Waals surface area contributed by atoms with E-state index in [9.17, 15) is 4.79 Å². The number of rotatable bonds is 3. The second-order valence-electron chi connectivity index (χ2n) is 4.00. The normalized spacial score (nSPS) is 10.4. The Labute approximate surface area is 110 Å². The van der Waals surface area contributed by atoms with Gasteiger partial charge in [0, 0.05) is 5.56 Å². The smallest absolute Gasteiger partial charge is 0.350 e. The van der Waals surface area contributed by atoms with Gasteiger partial charge in [-0.05, 0) is 26.8 Å². The van der Waals surface area contributed by atoms with Crippen molar-refractivity contribution < 1.29 is 9.53 Å². The number of thiazole rings is 1. The maximum atomic E-state index is 11.9. The maximum Gasteiger partial charge on any atom is 0.350 e. The van der Waals surface area contributed by atoms with E-state index < -0.39 is 0 Å². The van der Waals surface area contributed by atoms with Gasteiger partial charge in [-0.15, -0.1) is 11.3 Å². The van der Waals surface area contributed by atoms with E-state index in [1.54, 1.807) is 6.92 Å². The molecule has 2 rings (SSSR count). The fraction of sp³-hybridized carbons (Fsp3) is 0.286. The van der Waals surface area contributed by atoms with Crippen LogP contribution >= 0.6 is 11.3 Å². The van der Waals surface area contributed by atoms with Crippen LogP contribution in [0.5, 0.6) is 0 Å². The number of hydrogen-bond donors (Lipinski definition) is 0. The molecular formula is C14H15NO2S. The summed E-state index contributed by atoms with van der Waals surface area (Å²) in [5.41, 5.74) is 2.83. The molecule has 94 valence electrons. The van der Waals surface area contributed by atoms with E-state index in [0.717, 1.165) is 21.8 Å². The molecule has 0 amide bonds. The Balaban J connectivity index is 2.47. The first-order valence-electron chi connectivity index (χ1n) is 5.83. The summed E-state index contributed by atoms with van der Waals surface area (Å²) in [6.07, 6.45) is 0. The predicted octanol–water partition coefficient (Wildman–Crippen LogP) is 3.60. The Hall–Kier alpha value is -1.68. The van der Waals surface area contributed by atoms with Gasteiger partial charge in [-0.25, -0.2) is 9.78 Å². The fourth-order valence-corrected chi connectivity index (χ4v) is 2.58. The lowest BCUT2D eigenvalue weighted by atomic mass is 10.1. The van der Waals surface area contributed by atoms with E-state index in [1.165, 1.54) is 11.3 Å². The monoisotopic (exact) mass is 261 g/mol. The third kappa shape index (κ3) is 2.59. The zero-order chi connectivity index (χ0) is 13.1. The lowest BCUT2D eigenvalue weighted by Gasteiger charge is -2.03. The van der Waals surface area contributed by atoms with Crippen LogP contribution < -0.4 is 0 Å². The Bertz CT molecular complexity index is 575. The van der Waals surface area contributed by atoms with Crippen molar-refractivity contribution in [2.75, 3.05) is 6.61 Å². The average Bonchev–Trinajstić information content (AvgIpc) is 2.72. The highest BCUT2D eigenvalue weighted by Gasteiger charge is 2.19. The van der Waals surface area contributed by atoms with Gasteiger partial charge < -0.3 is 4.74 Å². The molecule has 18 heavy (non-hydrogen) atoms. The molecule has 0 spiro atoms. The van der Waals surface area contributed by atoms with E-state index >= 15 is 0 Å². The Morgan fingerprint density at radius 3 is 2.83 bits per heavy atom. The van der Waals surface area contributed by atoms with Gasteiger partial charge in [-0.2, -0.15) is 0 Å². The fourth-order valence-electron chi connectivity index (χ4n) is 1.75. The van der Waals surface area contributed by atoms with Crippen molar-refractivity contribution in [3.05, 3.63) is 39.7 Å². The molecule has 0 bridgehead atoms. The lowest BCUT2D eigenvalue weighted by Crippen LogP contribution is -2.03. The third-order valence-electron chi connectivity index (χ3n) is 2.49. The molecule has 0 N–H and O–H groups in total. The van der Waals surface area contributed by atoms with Crippen LogP contribution in [0.25, 0.3) is 11.3 Å². The van der Waals surface area contributed by atoms with Crippen molar-refractivity contribution in [2.45, 2.75) is 20.8 Å². The molecule has 4 heteroatoms. The predicted molar refractivity (Wildman–Crippen MR) is 73.0 cm³/mol. The Kier molecular flexibility index (Phi) is 3.77. The number of aryl methyl sites for hydroxylation is 2. The number of nitrogens with zero attached hydrogens (tertiary/aromatic N) is 1. The SMILES string of the molecule is CCOC(=O)c1sc(C)nc1-c1cccc(C)c1. The molecule has 0 fully saturated rings. The molecule has 1 aromatic carbocycles.